The van der Waals surface area contributed by atoms with E-state index in [1.165, 1.54) is 19.2 Å². The number of rotatable bonds is 4. The Balaban J connectivity index is 2.48. The van der Waals surface area contributed by atoms with Crippen LogP contribution in [0.4, 0.5) is 4.39 Å². The van der Waals surface area contributed by atoms with E-state index in [-0.39, 0.29) is 23.6 Å². The molecule has 6 heteroatoms. The van der Waals surface area contributed by atoms with Gasteiger partial charge in [-0.25, -0.2) is 9.18 Å². The van der Waals surface area contributed by atoms with Crippen molar-refractivity contribution in [2.75, 3.05) is 13.7 Å². The van der Waals surface area contributed by atoms with Crippen molar-refractivity contribution in [3.8, 4) is 17.0 Å². The van der Waals surface area contributed by atoms with Crippen LogP contribution >= 0.6 is 0 Å². The second-order valence-corrected chi connectivity index (χ2v) is 4.03. The number of nitrogens with zero attached hydrogens (tertiary/aromatic N) is 1. The first-order valence-electron chi connectivity index (χ1n) is 6.05. The molecule has 0 spiro atoms. The van der Waals surface area contributed by atoms with E-state index >= 15 is 0 Å². The van der Waals surface area contributed by atoms with Crippen molar-refractivity contribution in [2.24, 2.45) is 0 Å². The fourth-order valence-corrected chi connectivity index (χ4v) is 1.83. The minimum atomic E-state index is -0.544. The van der Waals surface area contributed by atoms with Gasteiger partial charge in [0.1, 0.15) is 17.0 Å². The van der Waals surface area contributed by atoms with Crippen LogP contribution in [0.3, 0.4) is 0 Å². The summed E-state index contributed by atoms with van der Waals surface area (Å²) in [5.41, 5.74) is 0.877. The number of hydrogen-bond donors (Lipinski definition) is 0. The van der Waals surface area contributed by atoms with Crippen LogP contribution in [0, 0.1) is 12.7 Å². The first kappa shape index (κ1) is 14.0. The van der Waals surface area contributed by atoms with E-state index in [0.717, 1.165) is 0 Å². The molecule has 2 rings (SSSR count). The number of carbonyl (C=O) groups is 1. The molecule has 20 heavy (non-hydrogen) atoms. The molecule has 0 amide bonds. The van der Waals surface area contributed by atoms with Gasteiger partial charge in [-0.15, -0.1) is 0 Å². The number of benzene rings is 1. The van der Waals surface area contributed by atoms with Crippen molar-refractivity contribution in [3.63, 3.8) is 0 Å². The van der Waals surface area contributed by atoms with Gasteiger partial charge in [-0.05, 0) is 32.0 Å². The summed E-state index contributed by atoms with van der Waals surface area (Å²) in [6, 6.07) is 4.30. The molecule has 1 heterocycles. The smallest absolute Gasteiger partial charge is 0.344 e. The summed E-state index contributed by atoms with van der Waals surface area (Å²) in [4.78, 5) is 11.9. The predicted molar refractivity (Wildman–Crippen MR) is 69.1 cm³/mol. The van der Waals surface area contributed by atoms with Crippen molar-refractivity contribution < 1.29 is 23.2 Å². The second kappa shape index (κ2) is 5.73. The summed E-state index contributed by atoms with van der Waals surface area (Å²) in [7, 11) is 1.38. The molecule has 106 valence electrons. The van der Waals surface area contributed by atoms with Crippen LogP contribution in [-0.2, 0) is 4.74 Å². The Morgan fingerprint density at radius 3 is 2.80 bits per heavy atom. The number of hydrogen-bond acceptors (Lipinski definition) is 5. The Hall–Kier alpha value is -2.37. The highest BCUT2D eigenvalue weighted by atomic mass is 19.1. The Morgan fingerprint density at radius 1 is 1.45 bits per heavy atom. The molecule has 1 aromatic carbocycles. The highest BCUT2D eigenvalue weighted by Crippen LogP contribution is 2.29. The van der Waals surface area contributed by atoms with E-state index < -0.39 is 11.8 Å². The molecule has 5 nitrogen and oxygen atoms in total. The lowest BCUT2D eigenvalue weighted by Gasteiger charge is -2.05. The van der Waals surface area contributed by atoms with Crippen LogP contribution in [0.25, 0.3) is 11.3 Å². The summed E-state index contributed by atoms with van der Waals surface area (Å²) < 4.78 is 28.5. The van der Waals surface area contributed by atoms with Gasteiger partial charge >= 0.3 is 5.97 Å². The van der Waals surface area contributed by atoms with Crippen molar-refractivity contribution in [1.82, 2.24) is 5.16 Å². The fourth-order valence-electron chi connectivity index (χ4n) is 1.83. The maximum absolute atomic E-state index is 13.7. The molecule has 2 aromatic rings. The molecule has 0 saturated heterocycles. The highest BCUT2D eigenvalue weighted by Gasteiger charge is 2.23. The molecule has 0 radical (unpaired) electrons. The lowest BCUT2D eigenvalue weighted by atomic mass is 10.1. The average Bonchev–Trinajstić information content (AvgIpc) is 2.81. The Kier molecular flexibility index (Phi) is 4.02. The van der Waals surface area contributed by atoms with Crippen molar-refractivity contribution in [3.05, 3.63) is 35.3 Å². The maximum Gasteiger partial charge on any atom is 0.344 e. The Bertz CT molecular complexity index is 636. The molecule has 0 aliphatic heterocycles. The number of esters is 1. The molecule has 0 bridgehead atoms. The molecule has 0 N–H and O–H groups in total. The number of halogens is 1. The van der Waals surface area contributed by atoms with E-state index in [2.05, 4.69) is 5.16 Å². The topological polar surface area (TPSA) is 61.6 Å². The molecule has 0 fully saturated rings. The van der Waals surface area contributed by atoms with Gasteiger partial charge in [-0.2, -0.15) is 0 Å². The third-order valence-electron chi connectivity index (χ3n) is 2.77. The SMILES string of the molecule is CCOC(=O)c1c(-c2ccc(OC)c(F)c2)noc1C. The minimum Gasteiger partial charge on any atom is -0.494 e. The van der Waals surface area contributed by atoms with E-state index in [4.69, 9.17) is 14.0 Å². The molecule has 0 atom stereocenters. The molecule has 0 aliphatic carbocycles. The number of carbonyl (C=O) groups excluding carboxylic acids is 1. The predicted octanol–water partition coefficient (Wildman–Crippen LogP) is 2.97. The number of ether oxygens (including phenoxy) is 2. The normalized spacial score (nSPS) is 10.4. The summed E-state index contributed by atoms with van der Waals surface area (Å²) in [6.07, 6.45) is 0. The summed E-state index contributed by atoms with van der Waals surface area (Å²) in [5, 5.41) is 3.80. The molecule has 0 unspecified atom stereocenters. The summed E-state index contributed by atoms with van der Waals surface area (Å²) >= 11 is 0. The molecular formula is C14H14FNO4. The van der Waals surface area contributed by atoms with Crippen LogP contribution in [0.5, 0.6) is 5.75 Å². The molecule has 1 aromatic heterocycles. The van der Waals surface area contributed by atoms with Crippen LogP contribution < -0.4 is 4.74 Å². The lowest BCUT2D eigenvalue weighted by Crippen LogP contribution is -2.06. The summed E-state index contributed by atoms with van der Waals surface area (Å²) in [6.45, 7) is 3.54. The fraction of sp³-hybridized carbons (Fsp3) is 0.286. The Labute approximate surface area is 115 Å². The standard InChI is InChI=1S/C14H14FNO4/c1-4-19-14(17)12-8(2)20-16-13(12)9-5-6-11(18-3)10(15)7-9/h5-7H,4H2,1-3H3. The van der Waals surface area contributed by atoms with Crippen molar-refractivity contribution in [2.45, 2.75) is 13.8 Å². The third-order valence-corrected chi connectivity index (χ3v) is 2.77. The van der Waals surface area contributed by atoms with Gasteiger partial charge < -0.3 is 14.0 Å². The van der Waals surface area contributed by atoms with Gasteiger partial charge in [0.05, 0.1) is 13.7 Å². The van der Waals surface area contributed by atoms with E-state index in [1.807, 2.05) is 0 Å². The summed E-state index contributed by atoms with van der Waals surface area (Å²) in [5.74, 6) is -0.640. The zero-order valence-electron chi connectivity index (χ0n) is 11.4. The second-order valence-electron chi connectivity index (χ2n) is 4.03. The Morgan fingerprint density at radius 2 is 2.20 bits per heavy atom. The quantitative estimate of drug-likeness (QED) is 0.805. The van der Waals surface area contributed by atoms with Gasteiger partial charge in [-0.3, -0.25) is 0 Å². The molecular weight excluding hydrogens is 265 g/mol. The zero-order valence-corrected chi connectivity index (χ0v) is 11.4. The largest absolute Gasteiger partial charge is 0.494 e. The van der Waals surface area contributed by atoms with E-state index in [9.17, 15) is 9.18 Å². The third kappa shape index (κ3) is 2.49. The van der Waals surface area contributed by atoms with Gasteiger partial charge in [0.2, 0.25) is 0 Å². The number of aromatic nitrogens is 1. The molecule has 0 saturated carbocycles. The van der Waals surface area contributed by atoms with Crippen LogP contribution in [-0.4, -0.2) is 24.8 Å². The van der Waals surface area contributed by atoms with Gasteiger partial charge in [0, 0.05) is 5.56 Å². The van der Waals surface area contributed by atoms with Gasteiger partial charge in [0.25, 0.3) is 0 Å². The minimum absolute atomic E-state index is 0.117. The maximum atomic E-state index is 13.7. The van der Waals surface area contributed by atoms with E-state index in [1.54, 1.807) is 19.9 Å². The first-order chi connectivity index (χ1) is 9.58. The van der Waals surface area contributed by atoms with E-state index in [0.29, 0.717) is 11.3 Å². The number of aryl methyl sites for hydroxylation is 1. The highest BCUT2D eigenvalue weighted by molar-refractivity contribution is 5.97. The van der Waals surface area contributed by atoms with Crippen LogP contribution in [0.2, 0.25) is 0 Å². The van der Waals surface area contributed by atoms with Crippen molar-refractivity contribution in [1.29, 1.82) is 0 Å². The lowest BCUT2D eigenvalue weighted by molar-refractivity contribution is 0.0525. The van der Waals surface area contributed by atoms with Gasteiger partial charge in [-0.1, -0.05) is 5.16 Å². The van der Waals surface area contributed by atoms with Gasteiger partial charge in [0.15, 0.2) is 11.6 Å². The van der Waals surface area contributed by atoms with Crippen molar-refractivity contribution >= 4 is 5.97 Å². The monoisotopic (exact) mass is 279 g/mol. The molecule has 0 aliphatic rings. The van der Waals surface area contributed by atoms with Crippen LogP contribution in [0.15, 0.2) is 22.7 Å². The number of methoxy groups -OCH3 is 1. The first-order valence-corrected chi connectivity index (χ1v) is 6.05. The van der Waals surface area contributed by atoms with Crippen LogP contribution in [0.1, 0.15) is 23.0 Å². The zero-order chi connectivity index (χ0) is 14.7. The average molecular weight is 279 g/mol.